The Balaban J connectivity index is 1.94. The highest BCUT2D eigenvalue weighted by atomic mass is 15.2. The Morgan fingerprint density at radius 2 is 2.06 bits per heavy atom. The van der Waals surface area contributed by atoms with E-state index in [0.717, 1.165) is 12.6 Å². The molecular weight excluding hydrogens is 198 g/mol. The highest BCUT2D eigenvalue weighted by Crippen LogP contribution is 2.11. The minimum Gasteiger partial charge on any atom is -0.315 e. The van der Waals surface area contributed by atoms with E-state index in [0.29, 0.717) is 0 Å². The second kappa shape index (κ2) is 8.04. The summed E-state index contributed by atoms with van der Waals surface area (Å²) in [6.07, 6.45) is 5.34. The molecule has 0 spiro atoms. The fraction of sp³-hybridized carbons (Fsp3) is 1.00. The molecule has 16 heavy (non-hydrogen) atoms. The molecule has 96 valence electrons. The van der Waals surface area contributed by atoms with Gasteiger partial charge < -0.3 is 15.1 Å². The Morgan fingerprint density at radius 1 is 1.25 bits per heavy atom. The van der Waals surface area contributed by atoms with E-state index in [9.17, 15) is 0 Å². The minimum absolute atomic E-state index is 0.778. The minimum atomic E-state index is 0.778. The first-order valence-electron chi connectivity index (χ1n) is 6.83. The summed E-state index contributed by atoms with van der Waals surface area (Å²) in [5.41, 5.74) is 0. The highest BCUT2D eigenvalue weighted by Gasteiger charge is 2.22. The molecule has 1 heterocycles. The van der Waals surface area contributed by atoms with Crippen LogP contribution < -0.4 is 5.32 Å². The Hall–Kier alpha value is -0.120. The van der Waals surface area contributed by atoms with Gasteiger partial charge in [0, 0.05) is 25.7 Å². The summed E-state index contributed by atoms with van der Waals surface area (Å²) in [6, 6.07) is 0.778. The molecule has 1 fully saturated rings. The van der Waals surface area contributed by atoms with Crippen LogP contribution in [-0.4, -0.2) is 62.7 Å². The number of nitrogens with one attached hydrogen (secondary N) is 1. The Bertz CT molecular complexity index is 171. The number of hydrogen-bond donors (Lipinski definition) is 1. The largest absolute Gasteiger partial charge is 0.315 e. The van der Waals surface area contributed by atoms with Crippen LogP contribution >= 0.6 is 0 Å². The molecule has 0 aromatic rings. The topological polar surface area (TPSA) is 18.5 Å². The van der Waals surface area contributed by atoms with Gasteiger partial charge in [0.25, 0.3) is 0 Å². The van der Waals surface area contributed by atoms with Crippen molar-refractivity contribution in [1.82, 2.24) is 15.1 Å². The lowest BCUT2D eigenvalue weighted by atomic mass is 10.2. The molecule has 3 nitrogen and oxygen atoms in total. The van der Waals surface area contributed by atoms with Crippen molar-refractivity contribution in [2.24, 2.45) is 0 Å². The van der Waals surface area contributed by atoms with Gasteiger partial charge in [-0.2, -0.15) is 0 Å². The number of nitrogens with zero attached hydrogens (tertiary/aromatic N) is 2. The zero-order valence-corrected chi connectivity index (χ0v) is 11.3. The molecule has 0 aliphatic carbocycles. The molecule has 1 N–H and O–H groups in total. The first-order chi connectivity index (χ1) is 7.74. The van der Waals surface area contributed by atoms with Gasteiger partial charge >= 0.3 is 0 Å². The van der Waals surface area contributed by atoms with E-state index in [4.69, 9.17) is 0 Å². The third-order valence-corrected chi connectivity index (χ3v) is 3.54. The van der Waals surface area contributed by atoms with Crippen molar-refractivity contribution in [1.29, 1.82) is 0 Å². The van der Waals surface area contributed by atoms with Gasteiger partial charge in [0.2, 0.25) is 0 Å². The van der Waals surface area contributed by atoms with Crippen LogP contribution in [0.1, 0.15) is 32.6 Å². The van der Waals surface area contributed by atoms with E-state index >= 15 is 0 Å². The smallest absolute Gasteiger partial charge is 0.0229 e. The average molecular weight is 227 g/mol. The first kappa shape index (κ1) is 13.9. The molecule has 0 saturated carbocycles. The van der Waals surface area contributed by atoms with Crippen molar-refractivity contribution in [3.63, 3.8) is 0 Å². The molecule has 1 rings (SSSR count). The van der Waals surface area contributed by atoms with Crippen LogP contribution in [0.3, 0.4) is 0 Å². The van der Waals surface area contributed by atoms with E-state index < -0.39 is 0 Å². The molecule has 1 atom stereocenters. The van der Waals surface area contributed by atoms with Gasteiger partial charge in [-0.15, -0.1) is 0 Å². The molecule has 1 saturated heterocycles. The van der Waals surface area contributed by atoms with Crippen LogP contribution in [0.25, 0.3) is 0 Å². The summed E-state index contributed by atoms with van der Waals surface area (Å²) in [7, 11) is 4.38. The second-order valence-electron chi connectivity index (χ2n) is 5.16. The number of hydrogen-bond acceptors (Lipinski definition) is 3. The van der Waals surface area contributed by atoms with Gasteiger partial charge in [0.05, 0.1) is 0 Å². The van der Waals surface area contributed by atoms with E-state index in [1.165, 1.54) is 51.9 Å². The average Bonchev–Trinajstić information content (AvgIpc) is 2.72. The third kappa shape index (κ3) is 5.28. The maximum Gasteiger partial charge on any atom is 0.0229 e. The van der Waals surface area contributed by atoms with Crippen LogP contribution in [-0.2, 0) is 0 Å². The van der Waals surface area contributed by atoms with Crippen molar-refractivity contribution in [2.75, 3.05) is 46.8 Å². The van der Waals surface area contributed by atoms with Crippen LogP contribution in [0.5, 0.6) is 0 Å². The van der Waals surface area contributed by atoms with Crippen LogP contribution in [0.2, 0.25) is 0 Å². The van der Waals surface area contributed by atoms with Gasteiger partial charge in [0.15, 0.2) is 0 Å². The fourth-order valence-electron chi connectivity index (χ4n) is 2.30. The molecular formula is C13H29N3. The van der Waals surface area contributed by atoms with E-state index in [1.54, 1.807) is 0 Å². The quantitative estimate of drug-likeness (QED) is 0.632. The molecule has 1 aliphatic heterocycles. The van der Waals surface area contributed by atoms with Gasteiger partial charge in [0.1, 0.15) is 0 Å². The molecule has 1 aliphatic rings. The molecule has 0 bridgehead atoms. The summed E-state index contributed by atoms with van der Waals surface area (Å²) in [6.45, 7) is 8.36. The number of unbranched alkanes of at least 4 members (excludes halogenated alkanes) is 2. The maximum absolute atomic E-state index is 3.54. The van der Waals surface area contributed by atoms with Crippen molar-refractivity contribution in [3.05, 3.63) is 0 Å². The number of rotatable bonds is 8. The summed E-state index contributed by atoms with van der Waals surface area (Å²) in [5, 5.41) is 3.54. The molecule has 3 heteroatoms. The first-order valence-corrected chi connectivity index (χ1v) is 6.83. The van der Waals surface area contributed by atoms with E-state index in [1.807, 2.05) is 0 Å². The third-order valence-electron chi connectivity index (χ3n) is 3.54. The maximum atomic E-state index is 3.54. The Labute approximate surface area is 101 Å². The molecule has 0 aromatic heterocycles. The van der Waals surface area contributed by atoms with Crippen molar-refractivity contribution < 1.29 is 0 Å². The van der Waals surface area contributed by atoms with Crippen molar-refractivity contribution >= 4 is 0 Å². The van der Waals surface area contributed by atoms with E-state index in [-0.39, 0.29) is 0 Å². The molecule has 0 aromatic carbocycles. The Morgan fingerprint density at radius 3 is 2.69 bits per heavy atom. The van der Waals surface area contributed by atoms with Crippen molar-refractivity contribution in [3.8, 4) is 0 Å². The van der Waals surface area contributed by atoms with E-state index in [2.05, 4.69) is 36.1 Å². The number of likely N-dealkylation sites (tertiary alicyclic amines) is 1. The zero-order chi connectivity index (χ0) is 11.8. The van der Waals surface area contributed by atoms with Gasteiger partial charge in [-0.3, -0.25) is 0 Å². The predicted octanol–water partition coefficient (Wildman–Crippen LogP) is 1.40. The summed E-state index contributed by atoms with van der Waals surface area (Å²) < 4.78 is 0. The van der Waals surface area contributed by atoms with Gasteiger partial charge in [-0.25, -0.2) is 0 Å². The Kier molecular flexibility index (Phi) is 7.01. The lowest BCUT2D eigenvalue weighted by molar-refractivity contribution is 0.268. The zero-order valence-electron chi connectivity index (χ0n) is 11.3. The lowest BCUT2D eigenvalue weighted by Gasteiger charge is -2.20. The molecule has 1 unspecified atom stereocenters. The SMILES string of the molecule is CCCCCNCCN1CCC(N(C)C)C1. The standard InChI is InChI=1S/C13H29N3/c1-4-5-6-8-14-9-11-16-10-7-13(12-16)15(2)3/h13-14H,4-12H2,1-3H3. The number of likely N-dealkylation sites (N-methyl/N-ethyl adjacent to an activating group) is 1. The summed E-state index contributed by atoms with van der Waals surface area (Å²) in [4.78, 5) is 4.94. The lowest BCUT2D eigenvalue weighted by Crippen LogP contribution is -2.35. The summed E-state index contributed by atoms with van der Waals surface area (Å²) >= 11 is 0. The van der Waals surface area contributed by atoms with Gasteiger partial charge in [-0.1, -0.05) is 19.8 Å². The van der Waals surface area contributed by atoms with Crippen molar-refractivity contribution in [2.45, 2.75) is 38.6 Å². The molecule has 0 radical (unpaired) electrons. The predicted molar refractivity (Wildman–Crippen MR) is 70.9 cm³/mol. The monoisotopic (exact) mass is 227 g/mol. The summed E-state index contributed by atoms with van der Waals surface area (Å²) in [5.74, 6) is 0. The van der Waals surface area contributed by atoms with Crippen LogP contribution in [0, 0.1) is 0 Å². The normalized spacial score (nSPS) is 22.1. The van der Waals surface area contributed by atoms with Gasteiger partial charge in [-0.05, 0) is 40.0 Å². The fourth-order valence-corrected chi connectivity index (χ4v) is 2.30. The second-order valence-corrected chi connectivity index (χ2v) is 5.16. The van der Waals surface area contributed by atoms with Crippen LogP contribution in [0.4, 0.5) is 0 Å². The molecule has 0 amide bonds. The highest BCUT2D eigenvalue weighted by molar-refractivity contribution is 4.80. The van der Waals surface area contributed by atoms with Crippen LogP contribution in [0.15, 0.2) is 0 Å².